The minimum Gasteiger partial charge on any atom is -0.326 e. The van der Waals surface area contributed by atoms with Crippen LogP contribution >= 0.6 is 0 Å². The Kier molecular flexibility index (Phi) is 3.97. The summed E-state index contributed by atoms with van der Waals surface area (Å²) in [6.45, 7) is 5.54. The highest BCUT2D eigenvalue weighted by Gasteiger charge is 2.24. The van der Waals surface area contributed by atoms with E-state index in [2.05, 4.69) is 42.2 Å². The quantitative estimate of drug-likeness (QED) is 0.843. The van der Waals surface area contributed by atoms with Gasteiger partial charge in [-0.25, -0.2) is 0 Å². The first kappa shape index (κ1) is 11.6. The summed E-state index contributed by atoms with van der Waals surface area (Å²) in [5.74, 6) is 0.729. The molecule has 16 heavy (non-hydrogen) atoms. The van der Waals surface area contributed by atoms with Gasteiger partial charge in [-0.1, -0.05) is 43.7 Å². The second-order valence-electron chi connectivity index (χ2n) is 4.84. The minimum absolute atomic E-state index is 0.363. The van der Waals surface area contributed by atoms with Crippen LogP contribution in [0.3, 0.4) is 0 Å². The van der Waals surface area contributed by atoms with Crippen LogP contribution in [-0.4, -0.2) is 24.0 Å². The third kappa shape index (κ3) is 2.83. The molecule has 0 spiro atoms. The van der Waals surface area contributed by atoms with Gasteiger partial charge in [0.25, 0.3) is 0 Å². The van der Waals surface area contributed by atoms with Crippen molar-refractivity contribution in [1.82, 2.24) is 4.90 Å². The van der Waals surface area contributed by atoms with Crippen molar-refractivity contribution in [2.45, 2.75) is 32.4 Å². The number of rotatable bonds is 3. The van der Waals surface area contributed by atoms with E-state index in [0.717, 1.165) is 19.0 Å². The fourth-order valence-electron chi connectivity index (χ4n) is 2.59. The van der Waals surface area contributed by atoms with E-state index in [-0.39, 0.29) is 0 Å². The largest absolute Gasteiger partial charge is 0.326 e. The molecule has 2 rings (SSSR count). The van der Waals surface area contributed by atoms with E-state index in [1.807, 2.05) is 0 Å². The van der Waals surface area contributed by atoms with Crippen molar-refractivity contribution < 1.29 is 0 Å². The van der Waals surface area contributed by atoms with Crippen molar-refractivity contribution in [1.29, 1.82) is 0 Å². The summed E-state index contributed by atoms with van der Waals surface area (Å²) in [7, 11) is 0. The van der Waals surface area contributed by atoms with Crippen LogP contribution in [0.25, 0.3) is 0 Å². The van der Waals surface area contributed by atoms with Crippen LogP contribution in [0.1, 0.15) is 25.3 Å². The Balaban J connectivity index is 1.89. The van der Waals surface area contributed by atoms with E-state index in [9.17, 15) is 0 Å². The number of benzene rings is 1. The Hall–Kier alpha value is -0.860. The first-order chi connectivity index (χ1) is 7.79. The molecule has 2 nitrogen and oxygen atoms in total. The van der Waals surface area contributed by atoms with Crippen molar-refractivity contribution >= 4 is 0 Å². The van der Waals surface area contributed by atoms with Crippen molar-refractivity contribution in [3.8, 4) is 0 Å². The van der Waals surface area contributed by atoms with Gasteiger partial charge in [0.05, 0.1) is 0 Å². The fourth-order valence-corrected chi connectivity index (χ4v) is 2.59. The maximum atomic E-state index is 6.19. The molecule has 1 saturated heterocycles. The molecule has 1 aliphatic rings. The predicted octanol–water partition coefficient (Wildman–Crippen LogP) is 2.25. The molecule has 2 atom stereocenters. The molecule has 1 aromatic rings. The summed E-state index contributed by atoms with van der Waals surface area (Å²) < 4.78 is 0. The van der Waals surface area contributed by atoms with Gasteiger partial charge in [0, 0.05) is 19.1 Å². The monoisotopic (exact) mass is 218 g/mol. The summed E-state index contributed by atoms with van der Waals surface area (Å²) >= 11 is 0. The SMILES string of the molecule is CC[C@@H]1CCN(Cc2ccccc2)C[C@H]1N. The first-order valence-corrected chi connectivity index (χ1v) is 6.31. The van der Waals surface area contributed by atoms with Crippen LogP contribution in [0.4, 0.5) is 0 Å². The third-order valence-corrected chi connectivity index (χ3v) is 3.66. The van der Waals surface area contributed by atoms with E-state index < -0.39 is 0 Å². The number of piperidine rings is 1. The molecule has 0 amide bonds. The van der Waals surface area contributed by atoms with E-state index in [0.29, 0.717) is 6.04 Å². The molecule has 1 aromatic carbocycles. The van der Waals surface area contributed by atoms with E-state index >= 15 is 0 Å². The molecular weight excluding hydrogens is 196 g/mol. The summed E-state index contributed by atoms with van der Waals surface area (Å²) in [4.78, 5) is 2.48. The summed E-state index contributed by atoms with van der Waals surface area (Å²) in [5.41, 5.74) is 7.59. The highest BCUT2D eigenvalue weighted by Crippen LogP contribution is 2.20. The Morgan fingerprint density at radius 2 is 2.06 bits per heavy atom. The standard InChI is InChI=1S/C14H22N2/c1-2-13-8-9-16(11-14(13)15)10-12-6-4-3-5-7-12/h3-7,13-14H,2,8-11,15H2,1H3/t13-,14-/m1/s1. The lowest BCUT2D eigenvalue weighted by atomic mass is 9.90. The number of nitrogens with two attached hydrogens (primary N) is 1. The van der Waals surface area contributed by atoms with Gasteiger partial charge >= 0.3 is 0 Å². The Morgan fingerprint density at radius 1 is 1.31 bits per heavy atom. The van der Waals surface area contributed by atoms with E-state index in [1.54, 1.807) is 0 Å². The highest BCUT2D eigenvalue weighted by molar-refractivity contribution is 5.14. The van der Waals surface area contributed by atoms with Gasteiger partial charge in [-0.2, -0.15) is 0 Å². The van der Waals surface area contributed by atoms with Crippen LogP contribution in [0.2, 0.25) is 0 Å². The molecular formula is C14H22N2. The Bertz CT molecular complexity index is 310. The van der Waals surface area contributed by atoms with Gasteiger partial charge in [0.15, 0.2) is 0 Å². The molecule has 0 saturated carbocycles. The van der Waals surface area contributed by atoms with Crippen molar-refractivity contribution in [3.63, 3.8) is 0 Å². The van der Waals surface area contributed by atoms with Crippen LogP contribution in [0.5, 0.6) is 0 Å². The Morgan fingerprint density at radius 3 is 2.69 bits per heavy atom. The normalized spacial score (nSPS) is 26.9. The summed E-state index contributed by atoms with van der Waals surface area (Å²) in [6.07, 6.45) is 2.48. The van der Waals surface area contributed by atoms with Crippen molar-refractivity contribution in [2.24, 2.45) is 11.7 Å². The van der Waals surface area contributed by atoms with Gasteiger partial charge in [-0.05, 0) is 24.4 Å². The molecule has 0 bridgehead atoms. The molecule has 0 aliphatic carbocycles. The molecule has 0 unspecified atom stereocenters. The van der Waals surface area contributed by atoms with E-state index in [4.69, 9.17) is 5.73 Å². The molecule has 1 heterocycles. The summed E-state index contributed by atoms with van der Waals surface area (Å²) in [5, 5.41) is 0. The average molecular weight is 218 g/mol. The predicted molar refractivity (Wildman–Crippen MR) is 68.1 cm³/mol. The van der Waals surface area contributed by atoms with Gasteiger partial charge in [0.2, 0.25) is 0 Å². The van der Waals surface area contributed by atoms with Gasteiger partial charge in [-0.15, -0.1) is 0 Å². The molecule has 2 N–H and O–H groups in total. The maximum Gasteiger partial charge on any atom is 0.0234 e. The number of nitrogens with zero attached hydrogens (tertiary/aromatic N) is 1. The zero-order chi connectivity index (χ0) is 11.4. The number of likely N-dealkylation sites (tertiary alicyclic amines) is 1. The molecule has 2 heteroatoms. The highest BCUT2D eigenvalue weighted by atomic mass is 15.1. The van der Waals surface area contributed by atoms with E-state index in [1.165, 1.54) is 24.9 Å². The third-order valence-electron chi connectivity index (χ3n) is 3.66. The zero-order valence-corrected chi connectivity index (χ0v) is 10.1. The van der Waals surface area contributed by atoms with Crippen LogP contribution in [0, 0.1) is 5.92 Å². The molecule has 1 fully saturated rings. The van der Waals surface area contributed by atoms with Crippen LogP contribution < -0.4 is 5.73 Å². The smallest absolute Gasteiger partial charge is 0.0234 e. The zero-order valence-electron chi connectivity index (χ0n) is 10.1. The molecule has 1 aliphatic heterocycles. The number of hydrogen-bond donors (Lipinski definition) is 1. The van der Waals surface area contributed by atoms with Gasteiger partial charge < -0.3 is 5.73 Å². The second-order valence-corrected chi connectivity index (χ2v) is 4.84. The number of hydrogen-bond acceptors (Lipinski definition) is 2. The minimum atomic E-state index is 0.363. The van der Waals surface area contributed by atoms with Crippen molar-refractivity contribution in [3.05, 3.63) is 35.9 Å². The Labute approximate surface area is 98.4 Å². The fraction of sp³-hybridized carbons (Fsp3) is 0.571. The summed E-state index contributed by atoms with van der Waals surface area (Å²) in [6, 6.07) is 11.0. The molecule has 0 aromatic heterocycles. The van der Waals surface area contributed by atoms with Crippen LogP contribution in [-0.2, 0) is 6.54 Å². The lowest BCUT2D eigenvalue weighted by Crippen LogP contribution is -2.47. The van der Waals surface area contributed by atoms with Crippen molar-refractivity contribution in [2.75, 3.05) is 13.1 Å². The lowest BCUT2D eigenvalue weighted by Gasteiger charge is -2.36. The van der Waals surface area contributed by atoms with Gasteiger partial charge in [0.1, 0.15) is 0 Å². The van der Waals surface area contributed by atoms with Gasteiger partial charge in [-0.3, -0.25) is 4.90 Å². The maximum absolute atomic E-state index is 6.19. The molecule has 88 valence electrons. The first-order valence-electron chi connectivity index (χ1n) is 6.31. The topological polar surface area (TPSA) is 29.3 Å². The molecule has 0 radical (unpaired) electrons. The average Bonchev–Trinajstić information content (AvgIpc) is 2.31. The second kappa shape index (κ2) is 5.46. The lowest BCUT2D eigenvalue weighted by molar-refractivity contribution is 0.151. The van der Waals surface area contributed by atoms with Crippen LogP contribution in [0.15, 0.2) is 30.3 Å².